The molecule has 0 saturated heterocycles. The van der Waals surface area contributed by atoms with Crippen molar-refractivity contribution in [2.45, 2.75) is 12.5 Å². The lowest BCUT2D eigenvalue weighted by Crippen LogP contribution is -2.47. The highest BCUT2D eigenvalue weighted by atomic mass is 16.5. The van der Waals surface area contributed by atoms with E-state index in [1.54, 1.807) is 7.11 Å². The second kappa shape index (κ2) is 6.32. The number of carbonyl (C=O) groups excluding carboxylic acids is 1. The number of hydrogen-bond donors (Lipinski definition) is 2. The minimum atomic E-state index is -0.683. The van der Waals surface area contributed by atoms with Crippen molar-refractivity contribution >= 4 is 11.7 Å². The van der Waals surface area contributed by atoms with E-state index in [2.05, 4.69) is 15.3 Å². The average Bonchev–Trinajstić information content (AvgIpc) is 2.48. The molecule has 3 N–H and O–H groups in total. The second-order valence-corrected chi connectivity index (χ2v) is 4.88. The number of ether oxygens (including phenoxy) is 1. The summed E-state index contributed by atoms with van der Waals surface area (Å²) in [6.45, 7) is 2.21. The van der Waals surface area contributed by atoms with Crippen LogP contribution in [0.3, 0.4) is 0 Å². The van der Waals surface area contributed by atoms with Crippen molar-refractivity contribution in [1.29, 1.82) is 0 Å². The molecule has 1 aromatic heterocycles. The van der Waals surface area contributed by atoms with E-state index in [-0.39, 0.29) is 17.4 Å². The van der Waals surface area contributed by atoms with Gasteiger partial charge in [0.05, 0.1) is 12.1 Å². The van der Waals surface area contributed by atoms with Crippen LogP contribution in [-0.4, -0.2) is 29.6 Å². The molecule has 0 aliphatic heterocycles. The summed E-state index contributed by atoms with van der Waals surface area (Å²) in [6.07, 6.45) is 2.87. The lowest BCUT2D eigenvalue weighted by molar-refractivity contribution is 0.0782. The Morgan fingerprint density at radius 3 is 2.57 bits per heavy atom. The molecule has 0 fully saturated rings. The van der Waals surface area contributed by atoms with Crippen molar-refractivity contribution in [3.8, 4) is 0 Å². The van der Waals surface area contributed by atoms with Crippen LogP contribution in [0.25, 0.3) is 0 Å². The predicted octanol–water partition coefficient (Wildman–Crippen LogP) is 1.35. The maximum absolute atomic E-state index is 12.4. The third-order valence-electron chi connectivity index (χ3n) is 3.17. The molecule has 0 aliphatic carbocycles. The van der Waals surface area contributed by atoms with Crippen molar-refractivity contribution in [3.63, 3.8) is 0 Å². The maximum atomic E-state index is 12.4. The Balaban J connectivity index is 2.29. The van der Waals surface area contributed by atoms with Gasteiger partial charge in [-0.05, 0) is 12.5 Å². The molecule has 2 rings (SSSR count). The van der Waals surface area contributed by atoms with Crippen LogP contribution in [0.15, 0.2) is 42.7 Å². The normalized spacial score (nSPS) is 13.4. The quantitative estimate of drug-likeness (QED) is 0.866. The maximum Gasteiger partial charge on any atom is 0.274 e. The Morgan fingerprint density at radius 2 is 1.95 bits per heavy atom. The van der Waals surface area contributed by atoms with E-state index in [0.717, 1.165) is 5.56 Å². The number of nitrogens with one attached hydrogen (secondary N) is 1. The van der Waals surface area contributed by atoms with Gasteiger partial charge in [0.25, 0.3) is 5.91 Å². The average molecular weight is 286 g/mol. The molecule has 2 aromatic rings. The number of nitrogens with two attached hydrogens (primary N) is 1. The highest BCUT2D eigenvalue weighted by Crippen LogP contribution is 2.21. The molecule has 21 heavy (non-hydrogen) atoms. The van der Waals surface area contributed by atoms with Gasteiger partial charge in [-0.2, -0.15) is 0 Å². The van der Waals surface area contributed by atoms with E-state index >= 15 is 0 Å². The van der Waals surface area contributed by atoms with Crippen LogP contribution in [-0.2, 0) is 10.3 Å². The highest BCUT2D eigenvalue weighted by Gasteiger charge is 2.30. The van der Waals surface area contributed by atoms with E-state index in [1.165, 1.54) is 12.4 Å². The summed E-state index contributed by atoms with van der Waals surface area (Å²) in [5, 5.41) is 2.92. The van der Waals surface area contributed by atoms with E-state index in [0.29, 0.717) is 6.61 Å². The number of nitrogens with zero attached hydrogens (tertiary/aromatic N) is 2. The summed E-state index contributed by atoms with van der Waals surface area (Å²) < 4.78 is 5.25. The number of benzene rings is 1. The van der Waals surface area contributed by atoms with E-state index in [4.69, 9.17) is 10.5 Å². The molecular formula is C15H18N4O2. The fraction of sp³-hybridized carbons (Fsp3) is 0.267. The molecule has 110 valence electrons. The summed E-state index contributed by atoms with van der Waals surface area (Å²) in [7, 11) is 1.59. The summed E-state index contributed by atoms with van der Waals surface area (Å²) in [6, 6.07) is 9.59. The molecule has 0 unspecified atom stereocenters. The number of nitrogen functional groups attached to an aromatic ring is 1. The lowest BCUT2D eigenvalue weighted by Gasteiger charge is -2.30. The summed E-state index contributed by atoms with van der Waals surface area (Å²) in [5.74, 6) is -0.285. The fourth-order valence-electron chi connectivity index (χ4n) is 2.12. The molecular weight excluding hydrogens is 268 g/mol. The monoisotopic (exact) mass is 286 g/mol. The van der Waals surface area contributed by atoms with E-state index in [9.17, 15) is 4.79 Å². The summed E-state index contributed by atoms with van der Waals surface area (Å²) in [5.41, 5.74) is 6.04. The van der Waals surface area contributed by atoms with Gasteiger partial charge >= 0.3 is 0 Å². The van der Waals surface area contributed by atoms with Gasteiger partial charge in [0.2, 0.25) is 0 Å². The molecule has 0 radical (unpaired) electrons. The van der Waals surface area contributed by atoms with Crippen LogP contribution < -0.4 is 11.1 Å². The van der Waals surface area contributed by atoms with Gasteiger partial charge in [-0.25, -0.2) is 9.97 Å². The smallest absolute Gasteiger partial charge is 0.274 e. The van der Waals surface area contributed by atoms with E-state index in [1.807, 2.05) is 37.3 Å². The number of anilines is 1. The standard InChI is InChI=1S/C15H18N4O2/c1-15(10-21-2,11-6-4-3-5-7-11)19-14(20)12-13(16)18-9-8-17-12/h3-9H,10H2,1-2H3,(H2,16,18)(H,19,20)/t15-/m1/s1. The molecule has 1 heterocycles. The predicted molar refractivity (Wildman–Crippen MR) is 79.6 cm³/mol. The molecule has 1 amide bonds. The van der Waals surface area contributed by atoms with Gasteiger partial charge in [-0.1, -0.05) is 30.3 Å². The number of amides is 1. The van der Waals surface area contributed by atoms with Crippen molar-refractivity contribution in [3.05, 3.63) is 54.0 Å². The zero-order valence-corrected chi connectivity index (χ0v) is 12.0. The fourth-order valence-corrected chi connectivity index (χ4v) is 2.12. The molecule has 0 saturated carbocycles. The van der Waals surface area contributed by atoms with E-state index < -0.39 is 5.54 Å². The second-order valence-electron chi connectivity index (χ2n) is 4.88. The van der Waals surface area contributed by atoms with Gasteiger partial charge in [0, 0.05) is 19.5 Å². The van der Waals surface area contributed by atoms with Crippen molar-refractivity contribution in [2.75, 3.05) is 19.5 Å². The Morgan fingerprint density at radius 1 is 1.29 bits per heavy atom. The molecule has 1 aromatic carbocycles. The zero-order chi connectivity index (χ0) is 15.3. The largest absolute Gasteiger partial charge is 0.382 e. The number of hydrogen-bond acceptors (Lipinski definition) is 5. The van der Waals surface area contributed by atoms with Gasteiger partial charge in [0.15, 0.2) is 11.5 Å². The lowest BCUT2D eigenvalue weighted by atomic mass is 9.92. The molecule has 0 bridgehead atoms. The Bertz CT molecular complexity index is 618. The van der Waals surface area contributed by atoms with Crippen molar-refractivity contribution in [1.82, 2.24) is 15.3 Å². The topological polar surface area (TPSA) is 90.1 Å². The third kappa shape index (κ3) is 3.35. The van der Waals surface area contributed by atoms with Crippen LogP contribution in [0.1, 0.15) is 23.0 Å². The van der Waals surface area contributed by atoms with Crippen LogP contribution in [0.2, 0.25) is 0 Å². The third-order valence-corrected chi connectivity index (χ3v) is 3.17. The zero-order valence-electron chi connectivity index (χ0n) is 12.0. The van der Waals surface area contributed by atoms with Crippen molar-refractivity contribution in [2.24, 2.45) is 0 Å². The van der Waals surface area contributed by atoms with Crippen LogP contribution in [0.5, 0.6) is 0 Å². The Hall–Kier alpha value is -2.47. The summed E-state index contributed by atoms with van der Waals surface area (Å²) >= 11 is 0. The number of carbonyl (C=O) groups is 1. The Kier molecular flexibility index (Phi) is 4.49. The number of methoxy groups -OCH3 is 1. The minimum absolute atomic E-state index is 0.0998. The highest BCUT2D eigenvalue weighted by molar-refractivity contribution is 5.96. The van der Waals surface area contributed by atoms with Crippen LogP contribution in [0.4, 0.5) is 5.82 Å². The molecule has 6 heteroatoms. The number of rotatable bonds is 5. The van der Waals surface area contributed by atoms with Gasteiger partial charge in [-0.3, -0.25) is 4.79 Å². The van der Waals surface area contributed by atoms with Gasteiger partial charge in [-0.15, -0.1) is 0 Å². The van der Waals surface area contributed by atoms with Crippen molar-refractivity contribution < 1.29 is 9.53 Å². The first-order valence-corrected chi connectivity index (χ1v) is 6.50. The SMILES string of the molecule is COC[C@@](C)(NC(=O)c1nccnc1N)c1ccccc1. The number of aromatic nitrogens is 2. The Labute approximate surface area is 123 Å². The first-order valence-electron chi connectivity index (χ1n) is 6.50. The molecule has 0 spiro atoms. The summed E-state index contributed by atoms with van der Waals surface area (Å²) in [4.78, 5) is 20.2. The molecule has 1 atom stereocenters. The van der Waals surface area contributed by atoms with Gasteiger partial charge in [0.1, 0.15) is 0 Å². The van der Waals surface area contributed by atoms with Crippen LogP contribution >= 0.6 is 0 Å². The first-order chi connectivity index (χ1) is 10.1. The molecule has 6 nitrogen and oxygen atoms in total. The minimum Gasteiger partial charge on any atom is -0.382 e. The van der Waals surface area contributed by atoms with Crippen LogP contribution in [0, 0.1) is 0 Å². The first kappa shape index (κ1) is 14.9. The van der Waals surface area contributed by atoms with Gasteiger partial charge < -0.3 is 15.8 Å². The molecule has 0 aliphatic rings.